The summed E-state index contributed by atoms with van der Waals surface area (Å²) in [6.07, 6.45) is 7.20. The van der Waals surface area contributed by atoms with Gasteiger partial charge in [0.05, 0.1) is 11.7 Å². The lowest BCUT2D eigenvalue weighted by Crippen LogP contribution is -2.31. The molecule has 0 saturated heterocycles. The lowest BCUT2D eigenvalue weighted by Gasteiger charge is -2.31. The van der Waals surface area contributed by atoms with Crippen LogP contribution in [-0.2, 0) is 6.42 Å². The maximum atomic E-state index is 4.76. The fourth-order valence-corrected chi connectivity index (χ4v) is 2.62. The van der Waals surface area contributed by atoms with Crippen LogP contribution in [0.2, 0.25) is 0 Å². The van der Waals surface area contributed by atoms with Crippen molar-refractivity contribution in [1.82, 2.24) is 9.78 Å². The largest absolute Gasteiger partial charge is 0.367 e. The highest BCUT2D eigenvalue weighted by Crippen LogP contribution is 2.30. The summed E-state index contributed by atoms with van der Waals surface area (Å²) in [5.74, 6) is 1.24. The van der Waals surface area contributed by atoms with Crippen molar-refractivity contribution < 1.29 is 0 Å². The van der Waals surface area contributed by atoms with E-state index in [9.17, 15) is 0 Å². The molecule has 1 aliphatic heterocycles. The van der Waals surface area contributed by atoms with E-state index < -0.39 is 0 Å². The topological polar surface area (TPSA) is 29.9 Å². The normalized spacial score (nSPS) is 23.2. The van der Waals surface area contributed by atoms with Crippen LogP contribution >= 0.6 is 0 Å². The molecule has 0 aliphatic carbocycles. The third-order valence-corrected chi connectivity index (χ3v) is 3.79. The highest BCUT2D eigenvalue weighted by molar-refractivity contribution is 5.40. The Hall–Kier alpha value is -0.990. The molecular weight excluding hydrogens is 210 g/mol. The molecule has 1 aromatic heterocycles. The summed E-state index contributed by atoms with van der Waals surface area (Å²) < 4.78 is 2.22. The van der Waals surface area contributed by atoms with E-state index in [2.05, 4.69) is 36.8 Å². The molecule has 17 heavy (non-hydrogen) atoms. The van der Waals surface area contributed by atoms with Gasteiger partial charge in [-0.2, -0.15) is 5.10 Å². The molecule has 3 nitrogen and oxygen atoms in total. The number of aromatic nitrogens is 2. The maximum absolute atomic E-state index is 4.76. The average Bonchev–Trinajstić information content (AvgIpc) is 2.77. The Morgan fingerprint density at radius 2 is 2.18 bits per heavy atom. The van der Waals surface area contributed by atoms with E-state index in [4.69, 9.17) is 5.10 Å². The summed E-state index contributed by atoms with van der Waals surface area (Å²) in [7, 11) is 0. The predicted octanol–water partition coefficient (Wildman–Crippen LogP) is 3.77. The Kier molecular flexibility index (Phi) is 4.08. The summed E-state index contributed by atoms with van der Waals surface area (Å²) in [5, 5.41) is 8.37. The van der Waals surface area contributed by atoms with Gasteiger partial charge >= 0.3 is 0 Å². The molecule has 2 unspecified atom stereocenters. The Bertz CT molecular complexity index is 356. The zero-order valence-electron chi connectivity index (χ0n) is 11.4. The summed E-state index contributed by atoms with van der Waals surface area (Å²) in [6, 6.07) is 3.47. The number of hydrogen-bond acceptors (Lipinski definition) is 2. The minimum Gasteiger partial charge on any atom is -0.367 e. The number of nitrogens with zero attached hydrogens (tertiary/aromatic N) is 2. The van der Waals surface area contributed by atoms with E-state index in [0.29, 0.717) is 12.1 Å². The third kappa shape index (κ3) is 2.64. The summed E-state index contributed by atoms with van der Waals surface area (Å²) >= 11 is 0. The Balaban J connectivity index is 2.16. The Morgan fingerprint density at radius 3 is 2.82 bits per heavy atom. The minimum absolute atomic E-state index is 0.589. The van der Waals surface area contributed by atoms with Gasteiger partial charge in [0.15, 0.2) is 0 Å². The van der Waals surface area contributed by atoms with Crippen molar-refractivity contribution in [2.24, 2.45) is 0 Å². The summed E-state index contributed by atoms with van der Waals surface area (Å²) in [6.45, 7) is 6.75. The molecule has 1 aliphatic rings. The maximum Gasteiger partial charge on any atom is 0.125 e. The van der Waals surface area contributed by atoms with Gasteiger partial charge in [-0.25, -0.2) is 4.68 Å². The minimum atomic E-state index is 0.589. The quantitative estimate of drug-likeness (QED) is 0.842. The van der Waals surface area contributed by atoms with E-state index in [1.54, 1.807) is 0 Å². The first-order valence-electron chi connectivity index (χ1n) is 7.13. The molecule has 0 fully saturated rings. The second kappa shape index (κ2) is 5.56. The SMILES string of the molecule is CCCCc1cc2n(n1)C(CC)CC(CC)N2. The molecule has 0 amide bonds. The first-order valence-corrected chi connectivity index (χ1v) is 7.13. The molecule has 0 saturated carbocycles. The zero-order chi connectivity index (χ0) is 12.3. The second-order valence-electron chi connectivity index (χ2n) is 5.12. The van der Waals surface area contributed by atoms with Crippen molar-refractivity contribution in [2.45, 2.75) is 71.4 Å². The van der Waals surface area contributed by atoms with Gasteiger partial charge in [0.2, 0.25) is 0 Å². The molecule has 3 heteroatoms. The number of nitrogens with one attached hydrogen (secondary N) is 1. The number of hydrogen-bond donors (Lipinski definition) is 1. The van der Waals surface area contributed by atoms with Gasteiger partial charge < -0.3 is 5.32 Å². The van der Waals surface area contributed by atoms with E-state index in [1.165, 1.54) is 43.6 Å². The number of anilines is 1. The highest BCUT2D eigenvalue weighted by Gasteiger charge is 2.25. The highest BCUT2D eigenvalue weighted by atomic mass is 15.4. The predicted molar refractivity (Wildman–Crippen MR) is 72.5 cm³/mol. The van der Waals surface area contributed by atoms with Crippen LogP contribution < -0.4 is 5.32 Å². The van der Waals surface area contributed by atoms with E-state index in [0.717, 1.165) is 6.42 Å². The van der Waals surface area contributed by atoms with Gasteiger partial charge in [0.25, 0.3) is 0 Å². The van der Waals surface area contributed by atoms with Crippen LogP contribution in [0.25, 0.3) is 0 Å². The smallest absolute Gasteiger partial charge is 0.125 e. The third-order valence-electron chi connectivity index (χ3n) is 3.79. The van der Waals surface area contributed by atoms with E-state index in [1.807, 2.05) is 0 Å². The van der Waals surface area contributed by atoms with Crippen LogP contribution in [-0.4, -0.2) is 15.8 Å². The molecule has 2 rings (SSSR count). The monoisotopic (exact) mass is 235 g/mol. The molecule has 0 spiro atoms. The van der Waals surface area contributed by atoms with Crippen molar-refractivity contribution in [3.05, 3.63) is 11.8 Å². The average molecular weight is 235 g/mol. The lowest BCUT2D eigenvalue weighted by molar-refractivity contribution is 0.361. The molecule has 0 bridgehead atoms. The number of unbranched alkanes of at least 4 members (excludes halogenated alkanes) is 1. The Labute approximate surface area is 105 Å². The zero-order valence-corrected chi connectivity index (χ0v) is 11.4. The van der Waals surface area contributed by atoms with Crippen LogP contribution in [0.3, 0.4) is 0 Å². The molecule has 1 aromatic rings. The second-order valence-corrected chi connectivity index (χ2v) is 5.12. The van der Waals surface area contributed by atoms with Crippen LogP contribution in [0.15, 0.2) is 6.07 Å². The number of fused-ring (bicyclic) bond motifs is 1. The van der Waals surface area contributed by atoms with Gasteiger partial charge in [-0.1, -0.05) is 27.2 Å². The van der Waals surface area contributed by atoms with Crippen LogP contribution in [0.1, 0.15) is 64.6 Å². The first-order chi connectivity index (χ1) is 8.28. The van der Waals surface area contributed by atoms with Crippen LogP contribution in [0.5, 0.6) is 0 Å². The molecule has 2 atom stereocenters. The lowest BCUT2D eigenvalue weighted by atomic mass is 10.0. The van der Waals surface area contributed by atoms with Crippen molar-refractivity contribution in [3.8, 4) is 0 Å². The fourth-order valence-electron chi connectivity index (χ4n) is 2.62. The molecule has 2 heterocycles. The molecular formula is C14H25N3. The number of aryl methyl sites for hydroxylation is 1. The van der Waals surface area contributed by atoms with Crippen molar-refractivity contribution in [2.75, 3.05) is 5.32 Å². The molecule has 96 valence electrons. The molecule has 0 radical (unpaired) electrons. The van der Waals surface area contributed by atoms with Gasteiger partial charge in [-0.05, 0) is 32.1 Å². The van der Waals surface area contributed by atoms with Crippen LogP contribution in [0.4, 0.5) is 5.82 Å². The number of rotatable bonds is 5. The van der Waals surface area contributed by atoms with Crippen LogP contribution in [0, 0.1) is 0 Å². The van der Waals surface area contributed by atoms with Gasteiger partial charge in [-0.3, -0.25) is 0 Å². The van der Waals surface area contributed by atoms with Gasteiger partial charge in [0.1, 0.15) is 5.82 Å². The first kappa shape index (κ1) is 12.5. The van der Waals surface area contributed by atoms with E-state index >= 15 is 0 Å². The Morgan fingerprint density at radius 1 is 1.35 bits per heavy atom. The molecule has 1 N–H and O–H groups in total. The summed E-state index contributed by atoms with van der Waals surface area (Å²) in [4.78, 5) is 0. The van der Waals surface area contributed by atoms with E-state index in [-0.39, 0.29) is 0 Å². The van der Waals surface area contributed by atoms with Crippen molar-refractivity contribution in [1.29, 1.82) is 0 Å². The van der Waals surface area contributed by atoms with Gasteiger partial charge in [0, 0.05) is 12.1 Å². The van der Waals surface area contributed by atoms with Crippen molar-refractivity contribution in [3.63, 3.8) is 0 Å². The standard InChI is InChI=1S/C14H25N3/c1-4-7-8-12-10-14-15-11(5-2)9-13(6-3)17(14)16-12/h10-11,13,15H,4-9H2,1-3H3. The van der Waals surface area contributed by atoms with Crippen molar-refractivity contribution >= 4 is 5.82 Å². The van der Waals surface area contributed by atoms with Gasteiger partial charge in [-0.15, -0.1) is 0 Å². The molecule has 0 aromatic carbocycles. The fraction of sp³-hybridized carbons (Fsp3) is 0.786. The summed E-state index contributed by atoms with van der Waals surface area (Å²) in [5.41, 5.74) is 1.25.